The Hall–Kier alpha value is -2.68. The van der Waals surface area contributed by atoms with Gasteiger partial charge in [-0.05, 0) is 41.8 Å². The fourth-order valence-electron chi connectivity index (χ4n) is 2.31. The van der Waals surface area contributed by atoms with Crippen LogP contribution in [0.15, 0.2) is 59.5 Å². The number of hydrogen-bond donors (Lipinski definition) is 3. The Morgan fingerprint density at radius 1 is 1.07 bits per heavy atom. The lowest BCUT2D eigenvalue weighted by Gasteiger charge is -2.21. The standard InChI is InChI=1S/C19H20F3N3O2S/c1-2-17(26)23-12-16(13-7-6-8-14(11-13)19(20,21)22)24-18(27)25-28-15-9-4-3-5-10-15/h3-11,16H,2,12H2,1H3,(H,23,26)(H2,24,25,27). The lowest BCUT2D eigenvalue weighted by atomic mass is 10.0. The second-order valence-corrected chi connectivity index (χ2v) is 6.70. The lowest BCUT2D eigenvalue weighted by Crippen LogP contribution is -2.40. The van der Waals surface area contributed by atoms with Gasteiger partial charge in [-0.25, -0.2) is 4.79 Å². The van der Waals surface area contributed by atoms with Crippen molar-refractivity contribution in [2.45, 2.75) is 30.5 Å². The average molecular weight is 411 g/mol. The zero-order chi connectivity index (χ0) is 20.6. The van der Waals surface area contributed by atoms with E-state index in [2.05, 4.69) is 15.4 Å². The summed E-state index contributed by atoms with van der Waals surface area (Å²) in [7, 11) is 0. The second kappa shape index (κ2) is 10.0. The van der Waals surface area contributed by atoms with E-state index < -0.39 is 23.8 Å². The minimum absolute atomic E-state index is 0.0303. The average Bonchev–Trinajstić information content (AvgIpc) is 2.69. The smallest absolute Gasteiger partial charge is 0.354 e. The molecule has 0 aliphatic heterocycles. The predicted molar refractivity (Wildman–Crippen MR) is 101 cm³/mol. The van der Waals surface area contributed by atoms with Crippen LogP contribution in [0.4, 0.5) is 18.0 Å². The molecule has 5 nitrogen and oxygen atoms in total. The SMILES string of the molecule is CCC(=O)NCC(NC(=O)NSc1ccccc1)c1cccc(C(F)(F)F)c1. The van der Waals surface area contributed by atoms with Crippen molar-refractivity contribution in [3.05, 3.63) is 65.7 Å². The van der Waals surface area contributed by atoms with E-state index in [-0.39, 0.29) is 24.4 Å². The molecule has 1 unspecified atom stereocenters. The Morgan fingerprint density at radius 2 is 1.79 bits per heavy atom. The summed E-state index contributed by atoms with van der Waals surface area (Å²) in [4.78, 5) is 24.6. The van der Waals surface area contributed by atoms with Crippen LogP contribution in [-0.2, 0) is 11.0 Å². The van der Waals surface area contributed by atoms with Crippen LogP contribution in [0.5, 0.6) is 0 Å². The largest absolute Gasteiger partial charge is 0.416 e. The summed E-state index contributed by atoms with van der Waals surface area (Å²) >= 11 is 1.07. The molecule has 0 bridgehead atoms. The third-order valence-electron chi connectivity index (χ3n) is 3.75. The van der Waals surface area contributed by atoms with Crippen molar-refractivity contribution < 1.29 is 22.8 Å². The summed E-state index contributed by atoms with van der Waals surface area (Å²) in [6.45, 7) is 1.63. The molecular weight excluding hydrogens is 391 g/mol. The monoisotopic (exact) mass is 411 g/mol. The maximum Gasteiger partial charge on any atom is 0.416 e. The molecule has 3 amide bonds. The summed E-state index contributed by atoms with van der Waals surface area (Å²) in [5.41, 5.74) is -0.580. The topological polar surface area (TPSA) is 70.2 Å². The number of hydrogen-bond acceptors (Lipinski definition) is 3. The summed E-state index contributed by atoms with van der Waals surface area (Å²) in [5, 5.41) is 5.21. The predicted octanol–water partition coefficient (Wildman–Crippen LogP) is 4.28. The minimum Gasteiger partial charge on any atom is -0.354 e. The molecule has 0 aromatic heterocycles. The molecule has 9 heteroatoms. The van der Waals surface area contributed by atoms with E-state index >= 15 is 0 Å². The van der Waals surface area contributed by atoms with Crippen molar-refractivity contribution in [1.29, 1.82) is 0 Å². The Morgan fingerprint density at radius 3 is 2.43 bits per heavy atom. The molecule has 0 saturated carbocycles. The third kappa shape index (κ3) is 6.80. The molecule has 0 heterocycles. The molecule has 150 valence electrons. The third-order valence-corrected chi connectivity index (χ3v) is 4.55. The van der Waals surface area contributed by atoms with E-state index in [9.17, 15) is 22.8 Å². The number of carbonyl (C=O) groups is 2. The van der Waals surface area contributed by atoms with Crippen molar-refractivity contribution >= 4 is 23.9 Å². The molecule has 0 saturated heterocycles. The molecule has 0 fully saturated rings. The van der Waals surface area contributed by atoms with Crippen LogP contribution in [0.3, 0.4) is 0 Å². The fraction of sp³-hybridized carbons (Fsp3) is 0.263. The highest BCUT2D eigenvalue weighted by atomic mass is 32.2. The highest BCUT2D eigenvalue weighted by Crippen LogP contribution is 2.30. The highest BCUT2D eigenvalue weighted by Gasteiger charge is 2.31. The van der Waals surface area contributed by atoms with Crippen molar-refractivity contribution in [1.82, 2.24) is 15.4 Å². The number of nitrogens with one attached hydrogen (secondary N) is 3. The number of urea groups is 1. The summed E-state index contributed by atoms with van der Waals surface area (Å²) < 4.78 is 41.6. The molecule has 0 aliphatic rings. The van der Waals surface area contributed by atoms with E-state index in [0.29, 0.717) is 0 Å². The van der Waals surface area contributed by atoms with Gasteiger partial charge in [-0.15, -0.1) is 0 Å². The molecule has 0 radical (unpaired) electrons. The van der Waals surface area contributed by atoms with Gasteiger partial charge in [0.25, 0.3) is 0 Å². The van der Waals surface area contributed by atoms with Gasteiger partial charge in [0.15, 0.2) is 0 Å². The summed E-state index contributed by atoms with van der Waals surface area (Å²) in [6, 6.07) is 12.3. The zero-order valence-corrected chi connectivity index (χ0v) is 15.9. The van der Waals surface area contributed by atoms with E-state index in [1.54, 1.807) is 19.1 Å². The van der Waals surface area contributed by atoms with Gasteiger partial charge in [-0.3, -0.25) is 9.52 Å². The van der Waals surface area contributed by atoms with Gasteiger partial charge in [-0.1, -0.05) is 37.3 Å². The van der Waals surface area contributed by atoms with Gasteiger partial charge in [0, 0.05) is 17.9 Å². The first-order valence-electron chi connectivity index (χ1n) is 8.52. The van der Waals surface area contributed by atoms with Crippen molar-refractivity contribution in [3.8, 4) is 0 Å². The van der Waals surface area contributed by atoms with Crippen LogP contribution < -0.4 is 15.4 Å². The van der Waals surface area contributed by atoms with Crippen LogP contribution in [0, 0.1) is 0 Å². The maximum absolute atomic E-state index is 13.0. The molecule has 1 atom stereocenters. The number of halogens is 3. The molecule has 0 aliphatic carbocycles. The minimum atomic E-state index is -4.50. The van der Waals surface area contributed by atoms with Crippen molar-refractivity contribution in [2.75, 3.05) is 6.54 Å². The Kier molecular flexibility index (Phi) is 7.74. The van der Waals surface area contributed by atoms with E-state index in [1.807, 2.05) is 18.2 Å². The number of carbonyl (C=O) groups excluding carboxylic acids is 2. The summed E-state index contributed by atoms with van der Waals surface area (Å²) in [5.74, 6) is -0.266. The molecule has 2 aromatic rings. The molecule has 3 N–H and O–H groups in total. The van der Waals surface area contributed by atoms with Gasteiger partial charge in [0.2, 0.25) is 5.91 Å². The van der Waals surface area contributed by atoms with Gasteiger partial charge in [0.05, 0.1) is 11.6 Å². The quantitative estimate of drug-likeness (QED) is 0.596. The van der Waals surface area contributed by atoms with Gasteiger partial charge >= 0.3 is 12.2 Å². The Bertz CT molecular complexity index is 801. The van der Waals surface area contributed by atoms with Gasteiger partial charge in [0.1, 0.15) is 0 Å². The van der Waals surface area contributed by atoms with Crippen LogP contribution in [0.2, 0.25) is 0 Å². The number of amides is 3. The van der Waals surface area contributed by atoms with Crippen LogP contribution in [-0.4, -0.2) is 18.5 Å². The van der Waals surface area contributed by atoms with Gasteiger partial charge < -0.3 is 10.6 Å². The highest BCUT2D eigenvalue weighted by molar-refractivity contribution is 7.98. The van der Waals surface area contributed by atoms with Crippen LogP contribution in [0.1, 0.15) is 30.5 Å². The van der Waals surface area contributed by atoms with Crippen molar-refractivity contribution in [2.24, 2.45) is 0 Å². The van der Waals surface area contributed by atoms with E-state index in [0.717, 1.165) is 29.0 Å². The van der Waals surface area contributed by atoms with Crippen LogP contribution in [0.25, 0.3) is 0 Å². The van der Waals surface area contributed by atoms with Crippen LogP contribution >= 0.6 is 11.9 Å². The van der Waals surface area contributed by atoms with E-state index in [4.69, 9.17) is 0 Å². The first kappa shape index (κ1) is 21.6. The van der Waals surface area contributed by atoms with Gasteiger partial charge in [-0.2, -0.15) is 13.2 Å². The first-order valence-corrected chi connectivity index (χ1v) is 9.33. The molecule has 2 aromatic carbocycles. The first-order chi connectivity index (χ1) is 13.3. The number of benzene rings is 2. The Balaban J connectivity index is 2.10. The molecule has 2 rings (SSSR count). The molecule has 0 spiro atoms. The summed E-state index contributed by atoms with van der Waals surface area (Å²) in [6.07, 6.45) is -4.27. The van der Waals surface area contributed by atoms with Crippen molar-refractivity contribution in [3.63, 3.8) is 0 Å². The Labute approximate surface area is 165 Å². The number of rotatable bonds is 7. The fourth-order valence-corrected chi connectivity index (χ4v) is 2.87. The molecular formula is C19H20F3N3O2S. The normalized spacial score (nSPS) is 12.1. The number of alkyl halides is 3. The lowest BCUT2D eigenvalue weighted by molar-refractivity contribution is -0.137. The second-order valence-electron chi connectivity index (χ2n) is 5.82. The molecule has 28 heavy (non-hydrogen) atoms. The maximum atomic E-state index is 13.0. The van der Waals surface area contributed by atoms with E-state index in [1.165, 1.54) is 12.1 Å². The zero-order valence-electron chi connectivity index (χ0n) is 15.0.